The number of ether oxygens (including phenoxy) is 2. The van der Waals surface area contributed by atoms with Crippen LogP contribution in [0.15, 0.2) is 36.4 Å². The molecule has 142 valence electrons. The zero-order valence-corrected chi connectivity index (χ0v) is 16.0. The van der Waals surface area contributed by atoms with Gasteiger partial charge in [0, 0.05) is 6.54 Å². The van der Waals surface area contributed by atoms with Crippen LogP contribution in [0.3, 0.4) is 0 Å². The quantitative estimate of drug-likeness (QED) is 0.574. The Labute approximate surface area is 159 Å². The highest BCUT2D eigenvalue weighted by molar-refractivity contribution is 6.32. The van der Waals surface area contributed by atoms with Gasteiger partial charge in [0.1, 0.15) is 12.4 Å². The third-order valence-corrected chi connectivity index (χ3v) is 4.15. The van der Waals surface area contributed by atoms with Crippen LogP contribution in [0.5, 0.6) is 11.5 Å². The van der Waals surface area contributed by atoms with E-state index in [0.717, 1.165) is 37.2 Å². The minimum absolute atomic E-state index is 0.272. The van der Waals surface area contributed by atoms with Crippen molar-refractivity contribution >= 4 is 11.6 Å². The summed E-state index contributed by atoms with van der Waals surface area (Å²) in [5, 5.41) is 7.18. The van der Waals surface area contributed by atoms with Gasteiger partial charge >= 0.3 is 0 Å². The molecule has 0 bridgehead atoms. The topological polar surface area (TPSA) is 42.5 Å². The lowest BCUT2D eigenvalue weighted by atomic mass is 10.2. The fraction of sp³-hybridized carbons (Fsp3) is 0.400. The van der Waals surface area contributed by atoms with Crippen molar-refractivity contribution in [3.63, 3.8) is 0 Å². The molecular weight excluding hydrogens is 355 g/mol. The number of methoxy groups -OCH3 is 1. The van der Waals surface area contributed by atoms with E-state index in [1.54, 1.807) is 19.2 Å². The Bertz CT molecular complexity index is 680. The Morgan fingerprint density at radius 2 is 1.77 bits per heavy atom. The average Bonchev–Trinajstić information content (AvgIpc) is 2.64. The van der Waals surface area contributed by atoms with Crippen molar-refractivity contribution in [1.29, 1.82) is 0 Å². The van der Waals surface area contributed by atoms with Crippen LogP contribution in [-0.2, 0) is 13.2 Å². The molecular formula is C20H26ClFN2O2. The van der Waals surface area contributed by atoms with Crippen molar-refractivity contribution < 1.29 is 13.9 Å². The van der Waals surface area contributed by atoms with Gasteiger partial charge in [-0.25, -0.2) is 4.39 Å². The van der Waals surface area contributed by atoms with Crippen LogP contribution in [0.4, 0.5) is 4.39 Å². The molecule has 2 aromatic rings. The van der Waals surface area contributed by atoms with Crippen LogP contribution < -0.4 is 20.1 Å². The Morgan fingerprint density at radius 1 is 1.04 bits per heavy atom. The van der Waals surface area contributed by atoms with E-state index in [2.05, 4.69) is 17.6 Å². The molecule has 0 aliphatic rings. The Kier molecular flexibility index (Phi) is 8.68. The molecule has 0 unspecified atom stereocenters. The van der Waals surface area contributed by atoms with Crippen LogP contribution >= 0.6 is 11.6 Å². The number of halogens is 2. The minimum Gasteiger partial charge on any atom is -0.493 e. The summed E-state index contributed by atoms with van der Waals surface area (Å²) in [6.07, 6.45) is 1.07. The summed E-state index contributed by atoms with van der Waals surface area (Å²) in [6.45, 7) is 6.02. The summed E-state index contributed by atoms with van der Waals surface area (Å²) in [4.78, 5) is 0. The van der Waals surface area contributed by atoms with Gasteiger partial charge in [-0.2, -0.15) is 0 Å². The lowest BCUT2D eigenvalue weighted by Crippen LogP contribution is -2.21. The standard InChI is InChI=1S/C20H26ClFN2O2/c1-3-23-9-4-10-24-13-16-11-18(21)20(19(12-16)25-2)26-14-15-5-7-17(22)8-6-15/h5-8,11-12,23-24H,3-4,9-10,13-14H2,1-2H3. The predicted molar refractivity (Wildman–Crippen MR) is 104 cm³/mol. The number of benzene rings is 2. The first-order valence-corrected chi connectivity index (χ1v) is 9.17. The Morgan fingerprint density at radius 3 is 2.46 bits per heavy atom. The molecule has 26 heavy (non-hydrogen) atoms. The third kappa shape index (κ3) is 6.48. The van der Waals surface area contributed by atoms with Gasteiger partial charge in [-0.3, -0.25) is 0 Å². The first-order valence-electron chi connectivity index (χ1n) is 8.79. The average molecular weight is 381 g/mol. The second kappa shape index (κ2) is 11.0. The first-order chi connectivity index (χ1) is 12.6. The minimum atomic E-state index is -0.272. The van der Waals surface area contributed by atoms with E-state index in [4.69, 9.17) is 21.1 Å². The number of rotatable bonds is 11. The molecule has 2 rings (SSSR count). The number of nitrogens with one attached hydrogen (secondary N) is 2. The largest absolute Gasteiger partial charge is 0.493 e. The molecule has 0 atom stereocenters. The Hall–Kier alpha value is -1.82. The van der Waals surface area contributed by atoms with E-state index in [1.807, 2.05) is 12.1 Å². The maximum Gasteiger partial charge on any atom is 0.180 e. The molecule has 0 aliphatic carbocycles. The highest BCUT2D eigenvalue weighted by Gasteiger charge is 2.12. The van der Waals surface area contributed by atoms with Crippen LogP contribution in [0.25, 0.3) is 0 Å². The van der Waals surface area contributed by atoms with Crippen molar-refractivity contribution in [2.75, 3.05) is 26.7 Å². The van der Waals surface area contributed by atoms with Crippen molar-refractivity contribution in [3.05, 3.63) is 58.4 Å². The first kappa shape index (κ1) is 20.5. The van der Waals surface area contributed by atoms with Crippen molar-refractivity contribution in [2.24, 2.45) is 0 Å². The zero-order chi connectivity index (χ0) is 18.8. The van der Waals surface area contributed by atoms with Gasteiger partial charge in [0.05, 0.1) is 12.1 Å². The number of hydrogen-bond donors (Lipinski definition) is 2. The predicted octanol–water partition coefficient (Wildman–Crippen LogP) is 4.16. The van der Waals surface area contributed by atoms with Gasteiger partial charge in [0.25, 0.3) is 0 Å². The second-order valence-corrected chi connectivity index (χ2v) is 6.32. The molecule has 2 N–H and O–H groups in total. The van der Waals surface area contributed by atoms with E-state index in [1.165, 1.54) is 12.1 Å². The molecule has 4 nitrogen and oxygen atoms in total. The number of hydrogen-bond acceptors (Lipinski definition) is 4. The maximum absolute atomic E-state index is 13.0. The molecule has 0 radical (unpaired) electrons. The van der Waals surface area contributed by atoms with Gasteiger partial charge in [0.15, 0.2) is 11.5 Å². The summed E-state index contributed by atoms with van der Waals surface area (Å²) < 4.78 is 24.2. The van der Waals surface area contributed by atoms with E-state index in [-0.39, 0.29) is 5.82 Å². The van der Waals surface area contributed by atoms with Crippen LogP contribution in [0.2, 0.25) is 5.02 Å². The zero-order valence-electron chi connectivity index (χ0n) is 15.3. The van der Waals surface area contributed by atoms with Gasteiger partial charge in [0.2, 0.25) is 0 Å². The van der Waals surface area contributed by atoms with E-state index in [9.17, 15) is 4.39 Å². The molecule has 0 amide bonds. The lowest BCUT2D eigenvalue weighted by Gasteiger charge is -2.15. The fourth-order valence-electron chi connectivity index (χ4n) is 2.50. The summed E-state index contributed by atoms with van der Waals surface area (Å²) in [6, 6.07) is 9.97. The lowest BCUT2D eigenvalue weighted by molar-refractivity contribution is 0.284. The maximum atomic E-state index is 13.0. The summed E-state index contributed by atoms with van der Waals surface area (Å²) in [5.74, 6) is 0.810. The van der Waals surface area contributed by atoms with Gasteiger partial charge in [-0.1, -0.05) is 30.7 Å². The van der Waals surface area contributed by atoms with Crippen LogP contribution in [-0.4, -0.2) is 26.7 Å². The molecule has 0 spiro atoms. The van der Waals surface area contributed by atoms with Crippen molar-refractivity contribution in [1.82, 2.24) is 10.6 Å². The Balaban J connectivity index is 1.94. The fourth-order valence-corrected chi connectivity index (χ4v) is 2.79. The highest BCUT2D eigenvalue weighted by atomic mass is 35.5. The third-order valence-electron chi connectivity index (χ3n) is 3.87. The van der Waals surface area contributed by atoms with E-state index >= 15 is 0 Å². The highest BCUT2D eigenvalue weighted by Crippen LogP contribution is 2.37. The summed E-state index contributed by atoms with van der Waals surface area (Å²) in [7, 11) is 1.59. The van der Waals surface area contributed by atoms with E-state index in [0.29, 0.717) is 29.7 Å². The SMILES string of the molecule is CCNCCCNCc1cc(Cl)c(OCc2ccc(F)cc2)c(OC)c1. The van der Waals surface area contributed by atoms with Gasteiger partial charge in [-0.15, -0.1) is 0 Å². The molecule has 0 fully saturated rings. The van der Waals surface area contributed by atoms with Crippen LogP contribution in [0.1, 0.15) is 24.5 Å². The molecule has 2 aromatic carbocycles. The molecule has 0 saturated carbocycles. The van der Waals surface area contributed by atoms with Crippen LogP contribution in [0, 0.1) is 5.82 Å². The van der Waals surface area contributed by atoms with E-state index < -0.39 is 0 Å². The van der Waals surface area contributed by atoms with Crippen molar-refractivity contribution in [2.45, 2.75) is 26.5 Å². The normalized spacial score (nSPS) is 10.8. The summed E-state index contributed by atoms with van der Waals surface area (Å²) in [5.41, 5.74) is 1.89. The van der Waals surface area contributed by atoms with Crippen molar-refractivity contribution in [3.8, 4) is 11.5 Å². The van der Waals surface area contributed by atoms with Gasteiger partial charge in [-0.05, 0) is 61.4 Å². The molecule has 0 aliphatic heterocycles. The molecule has 0 heterocycles. The second-order valence-electron chi connectivity index (χ2n) is 5.91. The van der Waals surface area contributed by atoms with Gasteiger partial charge < -0.3 is 20.1 Å². The smallest absolute Gasteiger partial charge is 0.180 e. The molecule has 0 aromatic heterocycles. The molecule has 6 heteroatoms. The summed E-state index contributed by atoms with van der Waals surface area (Å²) >= 11 is 6.38. The molecule has 0 saturated heterocycles. The monoisotopic (exact) mass is 380 g/mol.